The van der Waals surface area contributed by atoms with Crippen LogP contribution in [0.2, 0.25) is 10.0 Å². The van der Waals surface area contributed by atoms with Gasteiger partial charge in [0.05, 0.1) is 15.7 Å². The van der Waals surface area contributed by atoms with Crippen LogP contribution in [0.15, 0.2) is 41.4 Å². The highest BCUT2D eigenvalue weighted by Crippen LogP contribution is 2.37. The maximum atomic E-state index is 12.7. The second kappa shape index (κ2) is 9.07. The molecule has 152 valence electrons. The number of thioether (sulfide) groups is 1. The van der Waals surface area contributed by atoms with Gasteiger partial charge in [0.1, 0.15) is 5.25 Å². The summed E-state index contributed by atoms with van der Waals surface area (Å²) in [6, 6.07) is 10.4. The van der Waals surface area contributed by atoms with E-state index in [0.29, 0.717) is 23.1 Å². The van der Waals surface area contributed by atoms with Gasteiger partial charge in [-0.2, -0.15) is 0 Å². The van der Waals surface area contributed by atoms with Crippen molar-refractivity contribution in [2.24, 2.45) is 4.99 Å². The van der Waals surface area contributed by atoms with Gasteiger partial charge in [0.2, 0.25) is 11.8 Å². The van der Waals surface area contributed by atoms with Crippen molar-refractivity contribution < 1.29 is 14.7 Å². The van der Waals surface area contributed by atoms with Gasteiger partial charge in [-0.25, -0.2) is 4.99 Å². The topological polar surface area (TPSA) is 82.0 Å². The lowest BCUT2D eigenvalue weighted by Gasteiger charge is -2.13. The fraction of sp³-hybridized carbons (Fsp3) is 0.250. The molecule has 29 heavy (non-hydrogen) atoms. The zero-order valence-corrected chi connectivity index (χ0v) is 18.1. The van der Waals surface area contributed by atoms with Crippen LogP contribution in [0, 0.1) is 6.92 Å². The van der Waals surface area contributed by atoms with Gasteiger partial charge in [0.25, 0.3) is 0 Å². The molecule has 0 saturated carbocycles. The molecule has 0 unspecified atom stereocenters. The van der Waals surface area contributed by atoms with E-state index in [1.54, 1.807) is 6.07 Å². The Morgan fingerprint density at radius 3 is 2.59 bits per heavy atom. The molecule has 1 atom stereocenters. The van der Waals surface area contributed by atoms with Gasteiger partial charge >= 0.3 is 0 Å². The van der Waals surface area contributed by atoms with Crippen LogP contribution in [-0.4, -0.2) is 38.8 Å². The number of amides is 2. The number of aryl methyl sites for hydroxylation is 1. The molecule has 2 N–H and O–H groups in total. The number of hydrogen-bond donors (Lipinski definition) is 2. The summed E-state index contributed by atoms with van der Waals surface area (Å²) in [5, 5.41) is 12.5. The lowest BCUT2D eigenvalue weighted by atomic mass is 10.2. The number of nitrogens with zero attached hydrogens (tertiary/aromatic N) is 2. The number of carbonyl (C=O) groups excluding carboxylic acids is 2. The van der Waals surface area contributed by atoms with Gasteiger partial charge < -0.3 is 10.4 Å². The Kier molecular flexibility index (Phi) is 6.72. The molecule has 2 aromatic carbocycles. The highest BCUT2D eigenvalue weighted by Gasteiger charge is 2.38. The van der Waals surface area contributed by atoms with E-state index < -0.39 is 5.25 Å². The average molecular weight is 452 g/mol. The minimum Gasteiger partial charge on any atom is -0.505 e. The Labute approximate surface area is 182 Å². The van der Waals surface area contributed by atoms with E-state index in [0.717, 1.165) is 5.56 Å². The number of phenols is 1. The van der Waals surface area contributed by atoms with Crippen molar-refractivity contribution in [2.75, 3.05) is 11.9 Å². The normalized spacial score (nSPS) is 17.8. The largest absolute Gasteiger partial charge is 0.505 e. The molecule has 1 fully saturated rings. The van der Waals surface area contributed by atoms with Gasteiger partial charge in [-0.05, 0) is 43.7 Å². The van der Waals surface area contributed by atoms with Crippen LogP contribution < -0.4 is 5.32 Å². The molecular weight excluding hydrogens is 433 g/mol. The zero-order chi connectivity index (χ0) is 21.1. The molecule has 9 heteroatoms. The number of benzene rings is 2. The summed E-state index contributed by atoms with van der Waals surface area (Å²) in [7, 11) is 0. The average Bonchev–Trinajstić information content (AvgIpc) is 2.93. The maximum Gasteiger partial charge on any atom is 0.242 e. The third-order valence-corrected chi connectivity index (χ3v) is 5.99. The van der Waals surface area contributed by atoms with Crippen LogP contribution in [0.25, 0.3) is 0 Å². The number of phenolic OH excluding ortho intramolecular Hbond substituents is 1. The minimum atomic E-state index is -0.568. The predicted octanol–water partition coefficient (Wildman–Crippen LogP) is 4.99. The molecule has 2 aromatic rings. The number of aromatic hydroxyl groups is 1. The maximum absolute atomic E-state index is 12.7. The standard InChI is InChI=1S/C20H19Cl2N3O3S/c1-3-25-19(28)16(10-17(26)23-12-6-4-5-11(2)7-12)29-20(25)24-13-8-14(21)18(27)15(22)9-13/h4-9,16,27H,3,10H2,1-2H3,(H,23,26)/t16-/m1/s1. The lowest BCUT2D eigenvalue weighted by molar-refractivity contribution is -0.128. The molecule has 0 radical (unpaired) electrons. The zero-order valence-electron chi connectivity index (χ0n) is 15.8. The number of hydrogen-bond acceptors (Lipinski definition) is 5. The molecule has 1 aliphatic rings. The number of aliphatic imine (C=N–C) groups is 1. The molecule has 3 rings (SSSR count). The first-order valence-electron chi connectivity index (χ1n) is 8.89. The van der Waals surface area contributed by atoms with Crippen molar-refractivity contribution in [1.82, 2.24) is 4.90 Å². The molecule has 2 amide bonds. The van der Waals surface area contributed by atoms with Crippen LogP contribution in [0.5, 0.6) is 5.75 Å². The summed E-state index contributed by atoms with van der Waals surface area (Å²) in [5.74, 6) is -0.633. The quantitative estimate of drug-likeness (QED) is 0.670. The fourth-order valence-electron chi connectivity index (χ4n) is 2.85. The highest BCUT2D eigenvalue weighted by molar-refractivity contribution is 8.15. The molecule has 1 saturated heterocycles. The predicted molar refractivity (Wildman–Crippen MR) is 118 cm³/mol. The van der Waals surface area contributed by atoms with E-state index in [4.69, 9.17) is 23.2 Å². The second-order valence-electron chi connectivity index (χ2n) is 6.46. The van der Waals surface area contributed by atoms with Gasteiger partial charge in [-0.1, -0.05) is 47.1 Å². The first kappa shape index (κ1) is 21.5. The highest BCUT2D eigenvalue weighted by atomic mass is 35.5. The molecule has 1 heterocycles. The van der Waals surface area contributed by atoms with Crippen molar-refractivity contribution >= 4 is 63.3 Å². The SMILES string of the molecule is CCN1C(=O)[C@@H](CC(=O)Nc2cccc(C)c2)SC1=Nc1cc(Cl)c(O)c(Cl)c1. The van der Waals surface area contributed by atoms with Crippen molar-refractivity contribution in [3.8, 4) is 5.75 Å². The van der Waals surface area contributed by atoms with Crippen LogP contribution >= 0.6 is 35.0 Å². The third kappa shape index (κ3) is 5.04. The Hall–Kier alpha value is -2.22. The summed E-state index contributed by atoms with van der Waals surface area (Å²) in [6.45, 7) is 4.19. The summed E-state index contributed by atoms with van der Waals surface area (Å²) < 4.78 is 0. The Balaban J connectivity index is 1.75. The van der Waals surface area contributed by atoms with Gasteiger partial charge in [0.15, 0.2) is 10.9 Å². The van der Waals surface area contributed by atoms with Crippen LogP contribution in [0.3, 0.4) is 0 Å². The third-order valence-electron chi connectivity index (χ3n) is 4.24. The molecule has 0 aliphatic carbocycles. The van der Waals surface area contributed by atoms with Crippen molar-refractivity contribution in [3.05, 3.63) is 52.0 Å². The number of nitrogens with one attached hydrogen (secondary N) is 1. The van der Waals surface area contributed by atoms with E-state index in [2.05, 4.69) is 10.3 Å². The minimum absolute atomic E-state index is 0.0318. The number of carbonyl (C=O) groups is 2. The lowest BCUT2D eigenvalue weighted by Crippen LogP contribution is -2.33. The molecule has 1 aliphatic heterocycles. The molecule has 0 spiro atoms. The van der Waals surface area contributed by atoms with E-state index in [1.165, 1.54) is 28.8 Å². The Morgan fingerprint density at radius 2 is 1.97 bits per heavy atom. The molecular formula is C20H19Cl2N3O3S. The second-order valence-corrected chi connectivity index (χ2v) is 8.45. The first-order chi connectivity index (χ1) is 13.8. The Morgan fingerprint density at radius 1 is 1.28 bits per heavy atom. The monoisotopic (exact) mass is 451 g/mol. The van der Waals surface area contributed by atoms with E-state index in [-0.39, 0.29) is 34.0 Å². The Bertz CT molecular complexity index is 974. The van der Waals surface area contributed by atoms with Gasteiger partial charge in [-0.3, -0.25) is 14.5 Å². The van der Waals surface area contributed by atoms with Crippen LogP contribution in [-0.2, 0) is 9.59 Å². The summed E-state index contributed by atoms with van der Waals surface area (Å²) >= 11 is 13.1. The molecule has 6 nitrogen and oxygen atoms in total. The number of anilines is 1. The number of rotatable bonds is 5. The smallest absolute Gasteiger partial charge is 0.242 e. The summed E-state index contributed by atoms with van der Waals surface area (Å²) in [4.78, 5) is 31.1. The van der Waals surface area contributed by atoms with Crippen molar-refractivity contribution in [2.45, 2.75) is 25.5 Å². The van der Waals surface area contributed by atoms with E-state index in [1.807, 2.05) is 32.0 Å². The molecule has 0 aromatic heterocycles. The number of amidine groups is 1. The van der Waals surface area contributed by atoms with Crippen LogP contribution in [0.4, 0.5) is 11.4 Å². The first-order valence-corrected chi connectivity index (χ1v) is 10.5. The number of halogens is 2. The van der Waals surface area contributed by atoms with Crippen molar-refractivity contribution in [1.29, 1.82) is 0 Å². The fourth-order valence-corrected chi connectivity index (χ4v) is 4.54. The summed E-state index contributed by atoms with van der Waals surface area (Å²) in [6.07, 6.45) is 0.0318. The summed E-state index contributed by atoms with van der Waals surface area (Å²) in [5.41, 5.74) is 2.14. The van der Waals surface area contributed by atoms with Gasteiger partial charge in [0, 0.05) is 18.7 Å². The van der Waals surface area contributed by atoms with E-state index in [9.17, 15) is 14.7 Å². The van der Waals surface area contributed by atoms with Gasteiger partial charge in [-0.15, -0.1) is 0 Å². The van der Waals surface area contributed by atoms with Crippen LogP contribution in [0.1, 0.15) is 18.9 Å². The molecule has 0 bridgehead atoms. The van der Waals surface area contributed by atoms with E-state index >= 15 is 0 Å². The van der Waals surface area contributed by atoms with Crippen molar-refractivity contribution in [3.63, 3.8) is 0 Å².